The molecule has 3 aromatic rings. The summed E-state index contributed by atoms with van der Waals surface area (Å²) in [5.74, 6) is -0.204. The van der Waals surface area contributed by atoms with Crippen molar-refractivity contribution in [2.45, 2.75) is 13.5 Å². The Morgan fingerprint density at radius 2 is 1.88 bits per heavy atom. The number of benzene rings is 2. The van der Waals surface area contributed by atoms with E-state index in [0.717, 1.165) is 11.1 Å². The minimum Gasteiger partial charge on any atom is -0.472 e. The summed E-state index contributed by atoms with van der Waals surface area (Å²) in [6, 6.07) is 14.6. The lowest BCUT2D eigenvalue weighted by atomic mass is 10.2. The van der Waals surface area contributed by atoms with Crippen molar-refractivity contribution < 1.29 is 14.3 Å². The Kier molecular flexibility index (Phi) is 6.14. The van der Waals surface area contributed by atoms with Gasteiger partial charge < -0.3 is 9.47 Å². The molecule has 7 heteroatoms. The molecule has 0 amide bonds. The van der Waals surface area contributed by atoms with Crippen LogP contribution in [0.5, 0.6) is 5.88 Å². The average molecular weight is 408 g/mol. The van der Waals surface area contributed by atoms with E-state index in [2.05, 4.69) is 4.98 Å². The molecule has 0 saturated heterocycles. The zero-order valence-electron chi connectivity index (χ0n) is 13.9. The van der Waals surface area contributed by atoms with Gasteiger partial charge in [-0.3, -0.25) is 0 Å². The van der Waals surface area contributed by atoms with E-state index < -0.39 is 5.97 Å². The van der Waals surface area contributed by atoms with Crippen LogP contribution < -0.4 is 4.74 Å². The zero-order valence-corrected chi connectivity index (χ0v) is 16.2. The maximum absolute atomic E-state index is 12.3. The van der Waals surface area contributed by atoms with E-state index in [1.807, 2.05) is 24.3 Å². The second-order valence-corrected chi connectivity index (χ2v) is 7.17. The summed E-state index contributed by atoms with van der Waals surface area (Å²) in [6.45, 7) is 2.28. The fourth-order valence-electron chi connectivity index (χ4n) is 2.22. The molecule has 0 atom stereocenters. The summed E-state index contributed by atoms with van der Waals surface area (Å²) in [7, 11) is 0. The lowest BCUT2D eigenvalue weighted by Gasteiger charge is -2.06. The fraction of sp³-hybridized carbons (Fsp3) is 0.158. The van der Waals surface area contributed by atoms with Gasteiger partial charge in [0.25, 0.3) is 0 Å². The molecule has 4 nitrogen and oxygen atoms in total. The van der Waals surface area contributed by atoms with E-state index in [0.29, 0.717) is 19.9 Å². The molecule has 0 unspecified atom stereocenters. The van der Waals surface area contributed by atoms with Crippen molar-refractivity contribution in [2.24, 2.45) is 0 Å². The van der Waals surface area contributed by atoms with Crippen LogP contribution in [0.15, 0.2) is 48.5 Å². The summed E-state index contributed by atoms with van der Waals surface area (Å²) >= 11 is 13.1. The van der Waals surface area contributed by atoms with Gasteiger partial charge in [-0.15, -0.1) is 11.3 Å². The van der Waals surface area contributed by atoms with Crippen LogP contribution in [0.2, 0.25) is 10.0 Å². The quantitative estimate of drug-likeness (QED) is 0.479. The molecule has 0 aliphatic heterocycles. The number of hydrogen-bond acceptors (Lipinski definition) is 5. The Bertz CT molecular complexity index is 909. The molecule has 1 heterocycles. The maximum Gasteiger partial charge on any atom is 0.354 e. The first-order valence-corrected chi connectivity index (χ1v) is 9.45. The first kappa shape index (κ1) is 18.7. The molecule has 3 rings (SSSR count). The van der Waals surface area contributed by atoms with Crippen LogP contribution in [-0.4, -0.2) is 17.6 Å². The van der Waals surface area contributed by atoms with Gasteiger partial charge in [0, 0.05) is 15.6 Å². The number of rotatable bonds is 6. The second-order valence-electron chi connectivity index (χ2n) is 5.30. The van der Waals surface area contributed by atoms with Crippen molar-refractivity contribution in [3.05, 3.63) is 69.0 Å². The highest BCUT2D eigenvalue weighted by molar-refractivity contribution is 7.17. The number of ether oxygens (including phenoxy) is 2. The molecular formula is C19H15Cl2NO3S. The third-order valence-electron chi connectivity index (χ3n) is 3.41. The van der Waals surface area contributed by atoms with Crippen molar-refractivity contribution in [1.82, 2.24) is 4.98 Å². The van der Waals surface area contributed by atoms with Gasteiger partial charge in [-0.25, -0.2) is 9.78 Å². The number of esters is 1. The van der Waals surface area contributed by atoms with Gasteiger partial charge in [-0.2, -0.15) is 0 Å². The summed E-state index contributed by atoms with van der Waals surface area (Å²) in [5, 5.41) is 1.91. The Balaban J connectivity index is 1.88. The van der Waals surface area contributed by atoms with E-state index in [1.54, 1.807) is 31.2 Å². The van der Waals surface area contributed by atoms with Crippen molar-refractivity contribution >= 4 is 40.5 Å². The lowest BCUT2D eigenvalue weighted by molar-refractivity contribution is 0.0526. The SMILES string of the molecule is CCOC(=O)c1sc(-c2ccc(Cl)cc2)nc1OCc1cccc(Cl)c1. The minimum atomic E-state index is -0.452. The van der Waals surface area contributed by atoms with Gasteiger partial charge in [-0.05, 0) is 36.8 Å². The molecule has 0 saturated carbocycles. The third kappa shape index (κ3) is 4.55. The molecular weight excluding hydrogens is 393 g/mol. The highest BCUT2D eigenvalue weighted by Crippen LogP contribution is 2.34. The zero-order chi connectivity index (χ0) is 18.5. The number of carbonyl (C=O) groups is 1. The predicted octanol–water partition coefficient (Wildman–Crippen LogP) is 5.87. The Morgan fingerprint density at radius 3 is 2.58 bits per heavy atom. The van der Waals surface area contributed by atoms with Crippen LogP contribution in [-0.2, 0) is 11.3 Å². The number of aromatic nitrogens is 1. The fourth-order valence-corrected chi connectivity index (χ4v) is 3.47. The van der Waals surface area contributed by atoms with Crippen LogP contribution in [0, 0.1) is 0 Å². The largest absolute Gasteiger partial charge is 0.472 e. The van der Waals surface area contributed by atoms with Gasteiger partial charge in [0.2, 0.25) is 5.88 Å². The number of halogens is 2. The number of carbonyl (C=O) groups excluding carboxylic acids is 1. The van der Waals surface area contributed by atoms with Crippen LogP contribution in [0.3, 0.4) is 0 Å². The number of thiazole rings is 1. The van der Waals surface area contributed by atoms with E-state index in [-0.39, 0.29) is 19.1 Å². The Labute approximate surface area is 165 Å². The van der Waals surface area contributed by atoms with Gasteiger partial charge >= 0.3 is 5.97 Å². The molecule has 0 bridgehead atoms. The van der Waals surface area contributed by atoms with Gasteiger partial charge in [0.05, 0.1) is 6.61 Å². The van der Waals surface area contributed by atoms with Crippen LogP contribution in [0.25, 0.3) is 10.6 Å². The van der Waals surface area contributed by atoms with Crippen molar-refractivity contribution in [1.29, 1.82) is 0 Å². The van der Waals surface area contributed by atoms with Crippen molar-refractivity contribution in [3.8, 4) is 16.5 Å². The normalized spacial score (nSPS) is 10.6. The van der Waals surface area contributed by atoms with Crippen molar-refractivity contribution in [3.63, 3.8) is 0 Å². The minimum absolute atomic E-state index is 0.247. The molecule has 1 aromatic heterocycles. The summed E-state index contributed by atoms with van der Waals surface area (Å²) in [4.78, 5) is 17.1. The highest BCUT2D eigenvalue weighted by Gasteiger charge is 2.21. The Morgan fingerprint density at radius 1 is 1.12 bits per heavy atom. The Hall–Kier alpha value is -2.08. The van der Waals surface area contributed by atoms with Gasteiger partial charge in [0.15, 0.2) is 4.88 Å². The van der Waals surface area contributed by atoms with Gasteiger partial charge in [-0.1, -0.05) is 47.5 Å². The molecule has 2 aromatic carbocycles. The predicted molar refractivity (Wildman–Crippen MR) is 104 cm³/mol. The molecule has 0 aliphatic carbocycles. The molecule has 0 N–H and O–H groups in total. The third-order valence-corrected chi connectivity index (χ3v) is 4.97. The van der Waals surface area contributed by atoms with Crippen LogP contribution in [0.4, 0.5) is 0 Å². The van der Waals surface area contributed by atoms with Crippen LogP contribution in [0.1, 0.15) is 22.2 Å². The highest BCUT2D eigenvalue weighted by atomic mass is 35.5. The smallest absolute Gasteiger partial charge is 0.354 e. The molecule has 0 radical (unpaired) electrons. The summed E-state index contributed by atoms with van der Waals surface area (Å²) in [5.41, 5.74) is 1.73. The molecule has 0 aliphatic rings. The maximum atomic E-state index is 12.3. The number of nitrogens with zero attached hydrogens (tertiary/aromatic N) is 1. The first-order valence-electron chi connectivity index (χ1n) is 7.88. The standard InChI is InChI=1S/C19H15Cl2NO3S/c1-2-24-19(23)16-17(25-11-12-4-3-5-15(21)10-12)22-18(26-16)13-6-8-14(20)9-7-13/h3-10H,2,11H2,1H3. The monoisotopic (exact) mass is 407 g/mol. The first-order chi connectivity index (χ1) is 12.6. The van der Waals surface area contributed by atoms with E-state index in [4.69, 9.17) is 32.7 Å². The summed E-state index contributed by atoms with van der Waals surface area (Å²) < 4.78 is 10.9. The molecule has 0 fully saturated rings. The van der Waals surface area contributed by atoms with Crippen LogP contribution >= 0.6 is 34.5 Å². The second kappa shape index (κ2) is 8.54. The topological polar surface area (TPSA) is 48.4 Å². The summed E-state index contributed by atoms with van der Waals surface area (Å²) in [6.07, 6.45) is 0. The molecule has 134 valence electrons. The van der Waals surface area contributed by atoms with E-state index in [9.17, 15) is 4.79 Å². The van der Waals surface area contributed by atoms with Gasteiger partial charge in [0.1, 0.15) is 11.6 Å². The van der Waals surface area contributed by atoms with Crippen molar-refractivity contribution in [2.75, 3.05) is 6.61 Å². The molecule has 26 heavy (non-hydrogen) atoms. The average Bonchev–Trinajstić information content (AvgIpc) is 3.05. The number of hydrogen-bond donors (Lipinski definition) is 0. The molecule has 0 spiro atoms. The lowest BCUT2D eigenvalue weighted by Crippen LogP contribution is -2.05. The van der Waals surface area contributed by atoms with E-state index >= 15 is 0 Å². The van der Waals surface area contributed by atoms with E-state index in [1.165, 1.54) is 11.3 Å².